The Balaban J connectivity index is 1.50. The zero-order valence-electron chi connectivity index (χ0n) is 18.7. The van der Waals surface area contributed by atoms with Crippen LogP contribution in [-0.4, -0.2) is 17.0 Å². The third-order valence-corrected chi connectivity index (χ3v) is 10.0. The van der Waals surface area contributed by atoms with Crippen molar-refractivity contribution in [2.75, 3.05) is 0 Å². The molecule has 0 saturated heterocycles. The fourth-order valence-corrected chi connectivity index (χ4v) is 8.49. The van der Waals surface area contributed by atoms with E-state index in [1.807, 2.05) is 0 Å². The molecule has 0 aliphatic heterocycles. The molecule has 3 saturated carbocycles. The van der Waals surface area contributed by atoms with Crippen molar-refractivity contribution in [3.63, 3.8) is 0 Å². The van der Waals surface area contributed by atoms with Gasteiger partial charge < -0.3 is 9.90 Å². The Labute approximate surface area is 172 Å². The van der Waals surface area contributed by atoms with Gasteiger partial charge in [0.15, 0.2) is 0 Å². The van der Waals surface area contributed by atoms with Crippen molar-refractivity contribution >= 4 is 5.78 Å². The summed E-state index contributed by atoms with van der Waals surface area (Å²) in [5.41, 5.74) is 2.45. The van der Waals surface area contributed by atoms with Gasteiger partial charge in [0.25, 0.3) is 0 Å². The van der Waals surface area contributed by atoms with Gasteiger partial charge in [0.1, 0.15) is 5.78 Å². The molecule has 3 fully saturated rings. The van der Waals surface area contributed by atoms with Gasteiger partial charge in [0.05, 0.1) is 6.10 Å². The maximum Gasteiger partial charge on any atom is 0.129 e. The highest BCUT2D eigenvalue weighted by molar-refractivity contribution is 5.75. The molecule has 4 aliphatic carbocycles. The zero-order valence-corrected chi connectivity index (χ0v) is 18.7. The number of hydrogen-bond acceptors (Lipinski definition) is 2. The van der Waals surface area contributed by atoms with Crippen LogP contribution in [0, 0.1) is 40.4 Å². The summed E-state index contributed by atoms with van der Waals surface area (Å²) in [6.07, 6.45) is 15.5. The van der Waals surface area contributed by atoms with Crippen LogP contribution < -0.4 is 0 Å². The van der Waals surface area contributed by atoms with Gasteiger partial charge in [-0.2, -0.15) is 0 Å². The summed E-state index contributed by atoms with van der Waals surface area (Å²) in [6, 6.07) is 0. The summed E-state index contributed by atoms with van der Waals surface area (Å²) in [7, 11) is 0. The molecular formula is C26H42O2. The highest BCUT2D eigenvalue weighted by Gasteiger charge is 2.59. The predicted molar refractivity (Wildman–Crippen MR) is 115 cm³/mol. The number of rotatable bonds is 5. The topological polar surface area (TPSA) is 37.3 Å². The lowest BCUT2D eigenvalue weighted by Gasteiger charge is -2.58. The van der Waals surface area contributed by atoms with E-state index in [-0.39, 0.29) is 6.10 Å². The number of Topliss-reactive ketones (excluding diaryl/α,β-unsaturated/α-hetero) is 1. The molecule has 4 rings (SSSR count). The molecule has 0 radical (unpaired) electrons. The van der Waals surface area contributed by atoms with E-state index in [4.69, 9.17) is 0 Å². The maximum absolute atomic E-state index is 11.3. The van der Waals surface area contributed by atoms with Crippen LogP contribution in [0.3, 0.4) is 0 Å². The van der Waals surface area contributed by atoms with E-state index in [1.165, 1.54) is 44.9 Å². The Bertz CT molecular complexity index is 636. The molecule has 0 aromatic heterocycles. The average Bonchev–Trinajstić information content (AvgIpc) is 2.99. The van der Waals surface area contributed by atoms with Crippen molar-refractivity contribution in [2.24, 2.45) is 40.4 Å². The third-order valence-electron chi connectivity index (χ3n) is 10.0. The van der Waals surface area contributed by atoms with Crippen LogP contribution in [0.1, 0.15) is 98.3 Å². The van der Waals surface area contributed by atoms with Crippen molar-refractivity contribution in [1.82, 2.24) is 0 Å². The lowest BCUT2D eigenvalue weighted by atomic mass is 9.47. The summed E-state index contributed by atoms with van der Waals surface area (Å²) in [5.74, 6) is 4.52. The van der Waals surface area contributed by atoms with E-state index >= 15 is 0 Å². The Morgan fingerprint density at radius 1 is 1.18 bits per heavy atom. The Hall–Kier alpha value is -0.630. The fraction of sp³-hybridized carbons (Fsp3) is 0.885. The van der Waals surface area contributed by atoms with Crippen LogP contribution in [0.5, 0.6) is 0 Å². The van der Waals surface area contributed by atoms with Gasteiger partial charge >= 0.3 is 0 Å². The Morgan fingerprint density at radius 3 is 2.71 bits per heavy atom. The van der Waals surface area contributed by atoms with Crippen LogP contribution in [0.2, 0.25) is 0 Å². The standard InChI is InChI=1S/C26H42O2/c1-17(6-5-7-18(2)27)22-10-11-23-21-9-8-19-16-20(28)12-14-25(19,3)24(21)13-15-26(22,23)4/h8,17,20-24,28H,5-7,9-16H2,1-4H3/t17-,20+,21-,22+,23-,24-,25+,26+/m1/s1. The van der Waals surface area contributed by atoms with E-state index < -0.39 is 0 Å². The highest BCUT2D eigenvalue weighted by atomic mass is 16.3. The van der Waals surface area contributed by atoms with Crippen molar-refractivity contribution < 1.29 is 9.90 Å². The summed E-state index contributed by atoms with van der Waals surface area (Å²) in [5, 5.41) is 10.2. The molecule has 0 spiro atoms. The second-order valence-electron chi connectivity index (χ2n) is 11.5. The second-order valence-corrected chi connectivity index (χ2v) is 11.5. The minimum absolute atomic E-state index is 0.101. The summed E-state index contributed by atoms with van der Waals surface area (Å²) in [6.45, 7) is 9.35. The number of fused-ring (bicyclic) bond motifs is 5. The Morgan fingerprint density at radius 2 is 1.96 bits per heavy atom. The smallest absolute Gasteiger partial charge is 0.129 e. The minimum Gasteiger partial charge on any atom is -0.393 e. The maximum atomic E-state index is 11.3. The second kappa shape index (κ2) is 7.56. The van der Waals surface area contributed by atoms with Gasteiger partial charge in [0.2, 0.25) is 0 Å². The predicted octanol–water partition coefficient (Wildman–Crippen LogP) is 6.32. The van der Waals surface area contributed by atoms with Gasteiger partial charge in [-0.05, 0) is 105 Å². The molecule has 0 amide bonds. The van der Waals surface area contributed by atoms with E-state index in [9.17, 15) is 9.90 Å². The highest BCUT2D eigenvalue weighted by Crippen LogP contribution is 2.67. The first-order chi connectivity index (χ1) is 13.3. The summed E-state index contributed by atoms with van der Waals surface area (Å²) < 4.78 is 0. The molecule has 0 bridgehead atoms. The molecule has 8 atom stereocenters. The fourth-order valence-electron chi connectivity index (χ4n) is 8.49. The first-order valence-electron chi connectivity index (χ1n) is 12.1. The summed E-state index contributed by atoms with van der Waals surface area (Å²) in [4.78, 5) is 11.3. The number of carbonyl (C=O) groups is 1. The normalized spacial score (nSPS) is 46.2. The van der Waals surface area contributed by atoms with Crippen molar-refractivity contribution in [3.05, 3.63) is 11.6 Å². The molecule has 158 valence electrons. The zero-order chi connectivity index (χ0) is 20.1. The lowest BCUT2D eigenvalue weighted by Crippen LogP contribution is -2.50. The molecule has 0 aromatic rings. The number of aliphatic hydroxyl groups is 1. The van der Waals surface area contributed by atoms with Gasteiger partial charge in [-0.3, -0.25) is 0 Å². The molecular weight excluding hydrogens is 344 g/mol. The number of ketones is 1. The van der Waals surface area contributed by atoms with Crippen LogP contribution in [0.4, 0.5) is 0 Å². The van der Waals surface area contributed by atoms with E-state index in [1.54, 1.807) is 12.5 Å². The van der Waals surface area contributed by atoms with Gasteiger partial charge in [-0.1, -0.05) is 38.8 Å². The quantitative estimate of drug-likeness (QED) is 0.561. The number of allylic oxidation sites excluding steroid dienone is 1. The largest absolute Gasteiger partial charge is 0.393 e. The van der Waals surface area contributed by atoms with Crippen LogP contribution in [0.15, 0.2) is 11.6 Å². The molecule has 4 aliphatic rings. The van der Waals surface area contributed by atoms with Crippen molar-refractivity contribution in [3.8, 4) is 0 Å². The minimum atomic E-state index is -0.101. The van der Waals surface area contributed by atoms with E-state index in [2.05, 4.69) is 26.8 Å². The van der Waals surface area contributed by atoms with Crippen LogP contribution in [-0.2, 0) is 4.79 Å². The number of carbonyl (C=O) groups excluding carboxylic acids is 1. The van der Waals surface area contributed by atoms with Gasteiger partial charge in [0, 0.05) is 6.42 Å². The van der Waals surface area contributed by atoms with Gasteiger partial charge in [-0.15, -0.1) is 0 Å². The molecule has 0 aromatic carbocycles. The molecule has 2 nitrogen and oxygen atoms in total. The average molecular weight is 387 g/mol. The van der Waals surface area contributed by atoms with Crippen molar-refractivity contribution in [2.45, 2.75) is 104 Å². The van der Waals surface area contributed by atoms with E-state index in [0.29, 0.717) is 16.6 Å². The SMILES string of the molecule is CC(=O)CCC[C@@H](C)[C@@H]1CC[C@@H]2[C@H]3CC=C4C[C@@H](O)CC[C@]4(C)[C@@H]3CC[C@]21C. The molecule has 0 heterocycles. The van der Waals surface area contributed by atoms with Crippen molar-refractivity contribution in [1.29, 1.82) is 0 Å². The molecule has 0 unspecified atom stereocenters. The number of hydrogen-bond donors (Lipinski definition) is 1. The summed E-state index contributed by atoms with van der Waals surface area (Å²) >= 11 is 0. The Kier molecular flexibility index (Phi) is 5.57. The van der Waals surface area contributed by atoms with Crippen LogP contribution >= 0.6 is 0 Å². The third kappa shape index (κ3) is 3.32. The van der Waals surface area contributed by atoms with Crippen LogP contribution in [0.25, 0.3) is 0 Å². The monoisotopic (exact) mass is 386 g/mol. The first-order valence-corrected chi connectivity index (χ1v) is 12.1. The van der Waals surface area contributed by atoms with Gasteiger partial charge in [-0.25, -0.2) is 0 Å². The number of aliphatic hydroxyl groups excluding tert-OH is 1. The first kappa shape index (κ1) is 20.6. The molecule has 28 heavy (non-hydrogen) atoms. The lowest BCUT2D eigenvalue weighted by molar-refractivity contribution is -0.117. The molecule has 2 heteroatoms. The van der Waals surface area contributed by atoms with E-state index in [0.717, 1.165) is 55.3 Å². The molecule has 1 N–H and O–H groups in total.